The summed E-state index contributed by atoms with van der Waals surface area (Å²) in [7, 11) is 0. The molecule has 0 radical (unpaired) electrons. The van der Waals surface area contributed by atoms with E-state index < -0.39 is 6.10 Å². The van der Waals surface area contributed by atoms with E-state index >= 15 is 0 Å². The standard InChI is InChI=1S/C26H30ClFN4O/c27-21-10-6-20(7-11-21)24-14-25(26(33)17-31(24)15-18-4-2-1-3-5-18)32-16-23(29-30-32)19-8-12-22(28)13-9-19/h6-13,16,18,24-26,33H,1-5,14-15,17H2/t24-,25+,26-/m1/s1. The first-order chi connectivity index (χ1) is 16.1. The molecule has 2 aromatic carbocycles. The third-order valence-electron chi connectivity index (χ3n) is 7.23. The van der Waals surface area contributed by atoms with E-state index in [9.17, 15) is 9.50 Å². The zero-order valence-electron chi connectivity index (χ0n) is 18.7. The van der Waals surface area contributed by atoms with Crippen LogP contribution < -0.4 is 0 Å². The van der Waals surface area contributed by atoms with Crippen LogP contribution in [0, 0.1) is 11.7 Å². The van der Waals surface area contributed by atoms with Crippen molar-refractivity contribution in [3.63, 3.8) is 0 Å². The van der Waals surface area contributed by atoms with Gasteiger partial charge in [-0.2, -0.15) is 0 Å². The van der Waals surface area contributed by atoms with Crippen LogP contribution in [-0.2, 0) is 0 Å². The Hall–Kier alpha value is -2.28. The van der Waals surface area contributed by atoms with E-state index in [2.05, 4.69) is 27.3 Å². The number of piperidine rings is 1. The van der Waals surface area contributed by atoms with Crippen LogP contribution in [0.2, 0.25) is 5.02 Å². The first-order valence-corrected chi connectivity index (χ1v) is 12.3. The molecule has 2 fully saturated rings. The highest BCUT2D eigenvalue weighted by molar-refractivity contribution is 6.30. The van der Waals surface area contributed by atoms with E-state index in [4.69, 9.17) is 11.6 Å². The second kappa shape index (κ2) is 9.92. The van der Waals surface area contributed by atoms with E-state index in [1.54, 1.807) is 16.8 Å². The number of aromatic nitrogens is 3. The molecule has 0 amide bonds. The van der Waals surface area contributed by atoms with Gasteiger partial charge >= 0.3 is 0 Å². The van der Waals surface area contributed by atoms with Crippen LogP contribution in [-0.4, -0.2) is 44.2 Å². The number of β-amino-alcohol motifs (C(OH)–C–C–N with tert-alkyl or cyclic N) is 1. The van der Waals surface area contributed by atoms with Crippen molar-refractivity contribution in [2.24, 2.45) is 5.92 Å². The van der Waals surface area contributed by atoms with Crippen molar-refractivity contribution in [3.8, 4) is 11.3 Å². The zero-order valence-corrected chi connectivity index (χ0v) is 19.4. The number of likely N-dealkylation sites (tertiary alicyclic amines) is 1. The lowest BCUT2D eigenvalue weighted by Gasteiger charge is -2.44. The van der Waals surface area contributed by atoms with Gasteiger partial charge in [0, 0.05) is 29.7 Å². The van der Waals surface area contributed by atoms with Gasteiger partial charge < -0.3 is 5.11 Å². The second-order valence-corrected chi connectivity index (χ2v) is 9.92. The Bertz CT molecular complexity index is 1050. The van der Waals surface area contributed by atoms with Gasteiger partial charge in [-0.3, -0.25) is 4.90 Å². The van der Waals surface area contributed by atoms with Gasteiger partial charge in [0.1, 0.15) is 11.5 Å². The minimum absolute atomic E-state index is 0.177. The highest BCUT2D eigenvalue weighted by Gasteiger charge is 2.38. The molecule has 1 saturated heterocycles. The molecule has 2 heterocycles. The lowest BCUT2D eigenvalue weighted by molar-refractivity contribution is -0.0181. The second-order valence-electron chi connectivity index (χ2n) is 9.49. The predicted molar refractivity (Wildman–Crippen MR) is 127 cm³/mol. The third-order valence-corrected chi connectivity index (χ3v) is 7.49. The average Bonchev–Trinajstić information content (AvgIpc) is 3.31. The lowest BCUT2D eigenvalue weighted by Crippen LogP contribution is -2.48. The first-order valence-electron chi connectivity index (χ1n) is 11.9. The summed E-state index contributed by atoms with van der Waals surface area (Å²) in [6.07, 6.45) is 8.55. The molecular formula is C26H30ClFN4O. The number of hydrogen-bond acceptors (Lipinski definition) is 4. The molecule has 7 heteroatoms. The average molecular weight is 469 g/mol. The van der Waals surface area contributed by atoms with Gasteiger partial charge in [0.2, 0.25) is 0 Å². The topological polar surface area (TPSA) is 54.2 Å². The van der Waals surface area contributed by atoms with E-state index in [0.717, 1.165) is 23.6 Å². The molecule has 1 aliphatic heterocycles. The SMILES string of the molecule is O[C@@H]1CN(CC2CCCCC2)[C@@H](c2ccc(Cl)cc2)C[C@@H]1n1cc(-c2ccc(F)cc2)nn1. The van der Waals surface area contributed by atoms with E-state index in [1.807, 2.05) is 18.3 Å². The summed E-state index contributed by atoms with van der Waals surface area (Å²) in [5.74, 6) is 0.409. The molecule has 1 aromatic heterocycles. The number of nitrogens with zero attached hydrogens (tertiary/aromatic N) is 4. The largest absolute Gasteiger partial charge is 0.390 e. The summed E-state index contributed by atoms with van der Waals surface area (Å²) < 4.78 is 15.1. The smallest absolute Gasteiger partial charge is 0.123 e. The molecule has 0 bridgehead atoms. The molecule has 174 valence electrons. The molecule has 3 aromatic rings. The van der Waals surface area contributed by atoms with Gasteiger partial charge in [0.05, 0.1) is 18.3 Å². The van der Waals surface area contributed by atoms with E-state index in [0.29, 0.717) is 18.2 Å². The third kappa shape index (κ3) is 5.13. The molecule has 33 heavy (non-hydrogen) atoms. The monoisotopic (exact) mass is 468 g/mol. The molecule has 5 nitrogen and oxygen atoms in total. The van der Waals surface area contributed by atoms with Crippen molar-refractivity contribution in [1.29, 1.82) is 0 Å². The molecular weight excluding hydrogens is 439 g/mol. The maximum Gasteiger partial charge on any atom is 0.123 e. The van der Waals surface area contributed by atoms with Gasteiger partial charge in [0.25, 0.3) is 0 Å². The number of aliphatic hydroxyl groups excluding tert-OH is 1. The van der Waals surface area contributed by atoms with E-state index in [-0.39, 0.29) is 17.9 Å². The van der Waals surface area contributed by atoms with Gasteiger partial charge in [-0.05, 0) is 67.1 Å². The highest BCUT2D eigenvalue weighted by atomic mass is 35.5. The van der Waals surface area contributed by atoms with Crippen LogP contribution >= 0.6 is 11.6 Å². The number of benzene rings is 2. The summed E-state index contributed by atoms with van der Waals surface area (Å²) in [5.41, 5.74) is 2.70. The summed E-state index contributed by atoms with van der Waals surface area (Å²) in [4.78, 5) is 2.46. The Morgan fingerprint density at radius 2 is 1.73 bits per heavy atom. The molecule has 1 aliphatic carbocycles. The normalized spacial score (nSPS) is 24.8. The Labute approximate surface area is 199 Å². The number of rotatable bonds is 5. The number of halogens is 2. The van der Waals surface area contributed by atoms with Gasteiger partial charge in [-0.1, -0.05) is 48.2 Å². The zero-order chi connectivity index (χ0) is 22.8. The summed E-state index contributed by atoms with van der Waals surface area (Å²) in [6, 6.07) is 14.3. The molecule has 0 spiro atoms. The van der Waals surface area contributed by atoms with E-state index in [1.165, 1.54) is 49.8 Å². The molecule has 2 aliphatic rings. The summed E-state index contributed by atoms with van der Waals surface area (Å²) in [5, 5.41) is 20.5. The molecule has 0 unspecified atom stereocenters. The van der Waals surface area contributed by atoms with Crippen LogP contribution in [0.5, 0.6) is 0 Å². The van der Waals surface area contributed by atoms with Crippen LogP contribution in [0.3, 0.4) is 0 Å². The number of hydrogen-bond donors (Lipinski definition) is 1. The molecule has 3 atom stereocenters. The summed E-state index contributed by atoms with van der Waals surface area (Å²) in [6.45, 7) is 1.61. The van der Waals surface area contributed by atoms with Crippen molar-refractivity contribution in [2.75, 3.05) is 13.1 Å². The molecule has 1 N–H and O–H groups in total. The van der Waals surface area contributed by atoms with Gasteiger partial charge in [0.15, 0.2) is 0 Å². The predicted octanol–water partition coefficient (Wildman–Crippen LogP) is 5.67. The fourth-order valence-corrected chi connectivity index (χ4v) is 5.56. The van der Waals surface area contributed by atoms with Crippen LogP contribution in [0.25, 0.3) is 11.3 Å². The Morgan fingerprint density at radius 1 is 1.00 bits per heavy atom. The minimum Gasteiger partial charge on any atom is -0.390 e. The van der Waals surface area contributed by atoms with Crippen LogP contribution in [0.1, 0.15) is 56.2 Å². The van der Waals surface area contributed by atoms with Crippen molar-refractivity contribution >= 4 is 11.6 Å². The lowest BCUT2D eigenvalue weighted by atomic mass is 9.85. The quantitative estimate of drug-likeness (QED) is 0.524. The maximum absolute atomic E-state index is 13.3. The summed E-state index contributed by atoms with van der Waals surface area (Å²) >= 11 is 6.16. The van der Waals surface area contributed by atoms with Crippen LogP contribution in [0.4, 0.5) is 4.39 Å². The van der Waals surface area contributed by atoms with Crippen LogP contribution in [0.15, 0.2) is 54.7 Å². The molecule has 5 rings (SSSR count). The maximum atomic E-state index is 13.3. The fourth-order valence-electron chi connectivity index (χ4n) is 5.44. The Balaban J connectivity index is 1.39. The van der Waals surface area contributed by atoms with Crippen molar-refractivity contribution in [1.82, 2.24) is 19.9 Å². The fraction of sp³-hybridized carbons (Fsp3) is 0.462. The minimum atomic E-state index is -0.542. The molecule has 1 saturated carbocycles. The van der Waals surface area contributed by atoms with Crippen molar-refractivity contribution < 1.29 is 9.50 Å². The highest BCUT2D eigenvalue weighted by Crippen LogP contribution is 2.39. The van der Waals surface area contributed by atoms with Gasteiger partial charge in [-0.15, -0.1) is 5.10 Å². The Kier molecular flexibility index (Phi) is 6.76. The first kappa shape index (κ1) is 22.5. The number of aliphatic hydroxyl groups is 1. The van der Waals surface area contributed by atoms with Gasteiger partial charge in [-0.25, -0.2) is 9.07 Å². The van der Waals surface area contributed by atoms with Crippen molar-refractivity contribution in [3.05, 3.63) is 71.1 Å². The Morgan fingerprint density at radius 3 is 2.45 bits per heavy atom. The van der Waals surface area contributed by atoms with Crippen molar-refractivity contribution in [2.45, 2.75) is 56.7 Å².